The highest BCUT2D eigenvalue weighted by Gasteiger charge is 1.98. The Hall–Kier alpha value is -1.18. The van der Waals surface area contributed by atoms with Gasteiger partial charge in [-0.1, -0.05) is 12.1 Å². The lowest BCUT2D eigenvalue weighted by Crippen LogP contribution is -1.93. The summed E-state index contributed by atoms with van der Waals surface area (Å²) in [5.41, 5.74) is 6.80. The zero-order valence-corrected chi connectivity index (χ0v) is 5.72. The van der Waals surface area contributed by atoms with Gasteiger partial charge < -0.3 is 10.5 Å². The summed E-state index contributed by atoms with van der Waals surface area (Å²) in [6.45, 7) is 1.79. The SMILES string of the molecule is [2H]C([2H])([2H])Oc1cccc(C)c1N. The van der Waals surface area contributed by atoms with E-state index in [4.69, 9.17) is 9.85 Å². The Balaban J connectivity index is 2.96. The second kappa shape index (κ2) is 2.60. The number of nitrogens with two attached hydrogens (primary N) is 1. The van der Waals surface area contributed by atoms with E-state index in [1.54, 1.807) is 19.1 Å². The molecule has 54 valence electrons. The summed E-state index contributed by atoms with van der Waals surface area (Å²) in [4.78, 5) is 0. The molecule has 10 heavy (non-hydrogen) atoms. The summed E-state index contributed by atoms with van der Waals surface area (Å²) < 4.78 is 25.4. The number of anilines is 1. The molecule has 0 heterocycles. The van der Waals surface area contributed by atoms with Gasteiger partial charge in [-0.25, -0.2) is 0 Å². The molecule has 0 aliphatic carbocycles. The zero-order chi connectivity index (χ0) is 10.1. The van der Waals surface area contributed by atoms with Crippen LogP contribution in [0.2, 0.25) is 0 Å². The van der Waals surface area contributed by atoms with Crippen molar-refractivity contribution in [1.82, 2.24) is 0 Å². The van der Waals surface area contributed by atoms with Gasteiger partial charge in [0.1, 0.15) is 5.75 Å². The standard InChI is InChI=1S/C8H11NO/c1-6-4-3-5-7(10-2)8(6)9/h3-5H,9H2,1-2H3/i2D3. The van der Waals surface area contributed by atoms with E-state index in [1.807, 2.05) is 0 Å². The van der Waals surface area contributed by atoms with E-state index in [1.165, 1.54) is 6.07 Å². The van der Waals surface area contributed by atoms with Gasteiger partial charge in [-0.15, -0.1) is 0 Å². The van der Waals surface area contributed by atoms with Gasteiger partial charge in [0, 0.05) is 0 Å². The van der Waals surface area contributed by atoms with Gasteiger partial charge in [0.25, 0.3) is 0 Å². The third-order valence-corrected chi connectivity index (χ3v) is 1.39. The molecule has 0 saturated carbocycles. The molecule has 0 aliphatic heterocycles. The van der Waals surface area contributed by atoms with Gasteiger partial charge in [0.05, 0.1) is 16.8 Å². The van der Waals surface area contributed by atoms with Crippen LogP contribution >= 0.6 is 0 Å². The Labute approximate surface area is 64.8 Å². The topological polar surface area (TPSA) is 35.2 Å². The maximum Gasteiger partial charge on any atom is 0.142 e. The van der Waals surface area contributed by atoms with E-state index in [0.29, 0.717) is 5.69 Å². The first kappa shape index (κ1) is 3.86. The molecule has 0 atom stereocenters. The third kappa shape index (κ3) is 1.05. The van der Waals surface area contributed by atoms with E-state index < -0.39 is 7.04 Å². The fraction of sp³-hybridized carbons (Fsp3) is 0.250. The molecule has 2 N–H and O–H groups in total. The van der Waals surface area contributed by atoms with Crippen molar-refractivity contribution in [3.05, 3.63) is 23.8 Å². The molecule has 0 aliphatic rings. The van der Waals surface area contributed by atoms with Gasteiger partial charge in [-0.2, -0.15) is 0 Å². The minimum Gasteiger partial charge on any atom is -0.495 e. The minimum absolute atomic E-state index is 0.208. The summed E-state index contributed by atoms with van der Waals surface area (Å²) in [6, 6.07) is 5.03. The van der Waals surface area contributed by atoms with Crippen molar-refractivity contribution in [3.63, 3.8) is 0 Å². The van der Waals surface area contributed by atoms with Crippen LogP contribution in [-0.4, -0.2) is 7.04 Å². The average Bonchev–Trinajstić information content (AvgIpc) is 1.96. The van der Waals surface area contributed by atoms with Crippen LogP contribution in [0.4, 0.5) is 5.69 Å². The Morgan fingerprint density at radius 2 is 2.40 bits per heavy atom. The number of para-hydroxylation sites is 1. The van der Waals surface area contributed by atoms with Crippen LogP contribution in [0.5, 0.6) is 5.75 Å². The molecular formula is C8H11NO. The number of benzene rings is 1. The van der Waals surface area contributed by atoms with Crippen LogP contribution < -0.4 is 10.5 Å². The number of ether oxygens (including phenoxy) is 1. The second-order valence-electron chi connectivity index (χ2n) is 2.09. The Morgan fingerprint density at radius 1 is 1.60 bits per heavy atom. The summed E-state index contributed by atoms with van der Waals surface area (Å²) in [5.74, 6) is 0.208. The lowest BCUT2D eigenvalue weighted by Gasteiger charge is -2.04. The van der Waals surface area contributed by atoms with E-state index >= 15 is 0 Å². The fourth-order valence-corrected chi connectivity index (χ4v) is 0.743. The fourth-order valence-electron chi connectivity index (χ4n) is 0.743. The van der Waals surface area contributed by atoms with E-state index in [-0.39, 0.29) is 5.75 Å². The number of methoxy groups -OCH3 is 1. The molecule has 0 spiro atoms. The van der Waals surface area contributed by atoms with Crippen LogP contribution in [0.3, 0.4) is 0 Å². The van der Waals surface area contributed by atoms with Crippen LogP contribution in [-0.2, 0) is 0 Å². The summed E-state index contributed by atoms with van der Waals surface area (Å²) in [6.07, 6.45) is 0. The monoisotopic (exact) mass is 140 g/mol. The van der Waals surface area contributed by atoms with Crippen molar-refractivity contribution >= 4 is 5.69 Å². The van der Waals surface area contributed by atoms with Gasteiger partial charge in [0.2, 0.25) is 0 Å². The quantitative estimate of drug-likeness (QED) is 0.601. The van der Waals surface area contributed by atoms with Gasteiger partial charge >= 0.3 is 0 Å². The summed E-state index contributed by atoms with van der Waals surface area (Å²) in [7, 11) is -2.44. The highest BCUT2D eigenvalue weighted by molar-refractivity contribution is 5.57. The molecule has 1 aromatic rings. The predicted octanol–water partition coefficient (Wildman–Crippen LogP) is 1.59. The average molecular weight is 140 g/mol. The maximum absolute atomic E-state index is 6.89. The van der Waals surface area contributed by atoms with Gasteiger partial charge in [-0.3, -0.25) is 0 Å². The minimum atomic E-state index is -2.44. The molecule has 1 aromatic carbocycles. The Kier molecular flexibility index (Phi) is 1.01. The van der Waals surface area contributed by atoms with Gasteiger partial charge in [-0.05, 0) is 18.6 Å². The van der Waals surface area contributed by atoms with Crippen molar-refractivity contribution in [2.24, 2.45) is 0 Å². The molecule has 0 bridgehead atoms. The smallest absolute Gasteiger partial charge is 0.142 e. The van der Waals surface area contributed by atoms with E-state index in [2.05, 4.69) is 4.74 Å². The lowest BCUT2D eigenvalue weighted by atomic mass is 10.2. The Bertz CT molecular complexity index is 309. The van der Waals surface area contributed by atoms with E-state index in [9.17, 15) is 0 Å². The second-order valence-corrected chi connectivity index (χ2v) is 2.09. The Morgan fingerprint density at radius 3 is 3.10 bits per heavy atom. The largest absolute Gasteiger partial charge is 0.495 e. The predicted molar refractivity (Wildman–Crippen MR) is 42.1 cm³/mol. The molecule has 2 heteroatoms. The lowest BCUT2D eigenvalue weighted by molar-refractivity contribution is 0.416. The molecule has 0 amide bonds. The number of rotatable bonds is 1. The number of aryl methyl sites for hydroxylation is 1. The van der Waals surface area contributed by atoms with Crippen molar-refractivity contribution < 1.29 is 8.85 Å². The van der Waals surface area contributed by atoms with Crippen LogP contribution in [0.25, 0.3) is 0 Å². The zero-order valence-electron chi connectivity index (χ0n) is 8.72. The molecular weight excluding hydrogens is 126 g/mol. The first-order chi connectivity index (χ1) is 5.90. The van der Waals surface area contributed by atoms with Crippen LogP contribution in [0.1, 0.15) is 9.68 Å². The van der Waals surface area contributed by atoms with Crippen LogP contribution in [0, 0.1) is 6.92 Å². The first-order valence-corrected chi connectivity index (χ1v) is 2.94. The summed E-state index contributed by atoms with van der Waals surface area (Å²) >= 11 is 0. The maximum atomic E-state index is 6.89. The number of hydrogen-bond acceptors (Lipinski definition) is 2. The normalized spacial score (nSPS) is 15.1. The first-order valence-electron chi connectivity index (χ1n) is 4.44. The molecule has 1 rings (SSSR count). The molecule has 2 nitrogen and oxygen atoms in total. The van der Waals surface area contributed by atoms with E-state index in [0.717, 1.165) is 5.56 Å². The highest BCUT2D eigenvalue weighted by Crippen LogP contribution is 2.23. The van der Waals surface area contributed by atoms with Crippen LogP contribution in [0.15, 0.2) is 18.2 Å². The molecule has 0 radical (unpaired) electrons. The van der Waals surface area contributed by atoms with Crippen molar-refractivity contribution in [2.75, 3.05) is 12.8 Å². The molecule has 0 unspecified atom stereocenters. The molecule has 0 aromatic heterocycles. The molecule has 0 saturated heterocycles. The third-order valence-electron chi connectivity index (χ3n) is 1.39. The van der Waals surface area contributed by atoms with Crippen molar-refractivity contribution in [1.29, 1.82) is 0 Å². The highest BCUT2D eigenvalue weighted by atomic mass is 16.5. The summed E-state index contributed by atoms with van der Waals surface area (Å²) in [5, 5.41) is 0. The van der Waals surface area contributed by atoms with Crippen molar-refractivity contribution in [2.45, 2.75) is 6.92 Å². The van der Waals surface area contributed by atoms with Gasteiger partial charge in [0.15, 0.2) is 0 Å². The number of nitrogen functional groups attached to an aromatic ring is 1. The molecule has 0 fully saturated rings. The number of hydrogen-bond donors (Lipinski definition) is 1. The van der Waals surface area contributed by atoms with Crippen molar-refractivity contribution in [3.8, 4) is 5.75 Å².